The third kappa shape index (κ3) is 6.87. The van der Waals surface area contributed by atoms with E-state index in [1.54, 1.807) is 15.4 Å². The molecule has 0 saturated carbocycles. The molecule has 47 heavy (non-hydrogen) atoms. The van der Waals surface area contributed by atoms with Gasteiger partial charge in [0.1, 0.15) is 9.86 Å². The highest BCUT2D eigenvalue weighted by molar-refractivity contribution is 14.1. The summed E-state index contributed by atoms with van der Waals surface area (Å²) in [6, 6.07) is 23.5. The number of amides is 1. The second-order valence-electron chi connectivity index (χ2n) is 10.8. The molecule has 0 saturated heterocycles. The van der Waals surface area contributed by atoms with Crippen LogP contribution in [0.2, 0.25) is 0 Å². The number of ether oxygens (including phenoxy) is 1. The summed E-state index contributed by atoms with van der Waals surface area (Å²) in [4.78, 5) is 36.8. The van der Waals surface area contributed by atoms with Gasteiger partial charge in [-0.05, 0) is 90.4 Å². The molecule has 3 aromatic heterocycles. The number of para-hydroxylation sites is 1. The topological polar surface area (TPSA) is 130 Å². The fourth-order valence-electron chi connectivity index (χ4n) is 5.21. The van der Waals surface area contributed by atoms with Gasteiger partial charge >= 0.3 is 0 Å². The Morgan fingerprint density at radius 3 is 2.47 bits per heavy atom. The molecule has 0 aliphatic heterocycles. The van der Waals surface area contributed by atoms with Gasteiger partial charge in [-0.25, -0.2) is 9.97 Å². The summed E-state index contributed by atoms with van der Waals surface area (Å²) in [7, 11) is 1.82. The highest BCUT2D eigenvalue weighted by Gasteiger charge is 2.22. The second-order valence-corrected chi connectivity index (χ2v) is 12.6. The van der Waals surface area contributed by atoms with E-state index >= 15 is 0 Å². The van der Waals surface area contributed by atoms with Crippen LogP contribution in [0.5, 0.6) is 5.75 Å². The summed E-state index contributed by atoms with van der Waals surface area (Å²) < 4.78 is 9.01. The molecule has 0 radical (unpaired) electrons. The Hall–Kier alpha value is -5.48. The number of hydrogen-bond acceptors (Lipinski definition) is 7. The molecule has 0 aliphatic rings. The number of alkyl halides is 1. The molecule has 11 heteroatoms. The highest BCUT2D eigenvalue weighted by Crippen LogP contribution is 2.26. The van der Waals surface area contributed by atoms with Crippen LogP contribution in [-0.2, 0) is 7.05 Å². The van der Waals surface area contributed by atoms with Crippen LogP contribution < -0.4 is 21.3 Å². The van der Waals surface area contributed by atoms with Gasteiger partial charge < -0.3 is 15.8 Å². The lowest BCUT2D eigenvalue weighted by atomic mass is 10.0. The molecule has 2 atom stereocenters. The number of carbonyl (C=O) groups is 1. The maximum atomic E-state index is 14.3. The number of carbonyl (C=O) groups excluding carboxylic acids is 1. The van der Waals surface area contributed by atoms with Gasteiger partial charge in [0.2, 0.25) is 0 Å². The van der Waals surface area contributed by atoms with Gasteiger partial charge in [0.25, 0.3) is 11.5 Å². The second kappa shape index (κ2) is 13.5. The number of nitrogens with one attached hydrogen (secondary N) is 1. The Bertz CT molecular complexity index is 2220. The van der Waals surface area contributed by atoms with E-state index < -0.39 is 11.9 Å². The van der Waals surface area contributed by atoms with E-state index in [0.29, 0.717) is 33.4 Å². The number of nitrogen functional groups attached to an aromatic ring is 1. The lowest BCUT2D eigenvalue weighted by Crippen LogP contribution is -2.33. The largest absolute Gasteiger partial charge is 0.480 e. The van der Waals surface area contributed by atoms with Crippen molar-refractivity contribution in [2.24, 2.45) is 7.05 Å². The molecule has 0 fully saturated rings. The van der Waals surface area contributed by atoms with Crippen LogP contribution in [0.1, 0.15) is 47.2 Å². The molecule has 6 aromatic rings. The molecule has 6 rings (SSSR count). The third-order valence-electron chi connectivity index (χ3n) is 7.39. The molecule has 0 aliphatic carbocycles. The van der Waals surface area contributed by atoms with Crippen molar-refractivity contribution < 1.29 is 9.53 Å². The van der Waals surface area contributed by atoms with Crippen molar-refractivity contribution in [3.8, 4) is 34.5 Å². The first-order chi connectivity index (χ1) is 22.7. The number of nitrogens with zero attached hydrogens (tertiary/aromatic N) is 5. The van der Waals surface area contributed by atoms with E-state index in [4.69, 9.17) is 10.5 Å². The maximum absolute atomic E-state index is 14.3. The SMILES string of the molecule is CC(I)Oc1ccc(-c2cnc(N)c(C(=O)N[C@@H](C)c3cc4cccc(C#Cc5cnn(C)c5)c4c(=O)n3-c3ccccc3)n2)cc1. The predicted molar refractivity (Wildman–Crippen MR) is 191 cm³/mol. The Kier molecular flexibility index (Phi) is 9.03. The molecule has 234 valence electrons. The molecule has 10 nitrogen and oxygen atoms in total. The van der Waals surface area contributed by atoms with Crippen molar-refractivity contribution in [3.63, 3.8) is 0 Å². The zero-order valence-corrected chi connectivity index (χ0v) is 28.0. The van der Waals surface area contributed by atoms with Crippen LogP contribution in [0.15, 0.2) is 102 Å². The van der Waals surface area contributed by atoms with Gasteiger partial charge in [-0.1, -0.05) is 42.2 Å². The average molecular weight is 736 g/mol. The number of halogens is 1. The Labute approximate surface area is 284 Å². The smallest absolute Gasteiger partial charge is 0.274 e. The maximum Gasteiger partial charge on any atom is 0.274 e. The molecule has 3 heterocycles. The first-order valence-corrected chi connectivity index (χ1v) is 16.0. The fraction of sp³-hybridized carbons (Fsp3) is 0.139. The molecular formula is C36H30IN7O3. The first-order valence-electron chi connectivity index (χ1n) is 14.8. The molecule has 3 N–H and O–H groups in total. The van der Waals surface area contributed by atoms with Crippen molar-refractivity contribution in [3.05, 3.63) is 130 Å². The lowest BCUT2D eigenvalue weighted by Gasteiger charge is -2.21. The zero-order chi connectivity index (χ0) is 33.1. The lowest BCUT2D eigenvalue weighted by molar-refractivity contribution is 0.0934. The summed E-state index contributed by atoms with van der Waals surface area (Å²) in [5.41, 5.74) is 9.66. The number of anilines is 1. The van der Waals surface area contributed by atoms with Crippen LogP contribution in [0.3, 0.4) is 0 Å². The summed E-state index contributed by atoms with van der Waals surface area (Å²) in [6.45, 7) is 3.75. The van der Waals surface area contributed by atoms with Gasteiger partial charge in [-0.3, -0.25) is 18.8 Å². The van der Waals surface area contributed by atoms with Crippen molar-refractivity contribution in [1.82, 2.24) is 29.6 Å². The zero-order valence-electron chi connectivity index (χ0n) is 25.8. The number of aryl methyl sites for hydroxylation is 1. The van der Waals surface area contributed by atoms with Crippen molar-refractivity contribution in [2.75, 3.05) is 5.73 Å². The summed E-state index contributed by atoms with van der Waals surface area (Å²) in [5.74, 6) is 6.45. The average Bonchev–Trinajstić information content (AvgIpc) is 3.49. The Balaban J connectivity index is 1.37. The minimum atomic E-state index is -0.624. The molecule has 0 spiro atoms. The number of benzene rings is 3. The summed E-state index contributed by atoms with van der Waals surface area (Å²) >= 11 is 2.18. The predicted octanol–water partition coefficient (Wildman–Crippen LogP) is 5.81. The number of rotatable bonds is 7. The van der Waals surface area contributed by atoms with Gasteiger partial charge in [0.05, 0.1) is 35.1 Å². The molecule has 3 aromatic carbocycles. The van der Waals surface area contributed by atoms with Crippen molar-refractivity contribution in [2.45, 2.75) is 24.0 Å². The monoisotopic (exact) mass is 735 g/mol. The van der Waals surface area contributed by atoms with E-state index in [-0.39, 0.29) is 21.2 Å². The van der Waals surface area contributed by atoms with E-state index in [1.165, 1.54) is 6.20 Å². The molecular weight excluding hydrogens is 705 g/mol. The molecule has 1 amide bonds. The number of aromatic nitrogens is 5. The van der Waals surface area contributed by atoms with Crippen LogP contribution >= 0.6 is 22.6 Å². The normalized spacial score (nSPS) is 12.2. The number of nitrogens with two attached hydrogens (primary N) is 1. The summed E-state index contributed by atoms with van der Waals surface area (Å²) in [6.07, 6.45) is 5.01. The molecule has 1 unspecified atom stereocenters. The van der Waals surface area contributed by atoms with E-state index in [1.807, 2.05) is 106 Å². The fourth-order valence-corrected chi connectivity index (χ4v) is 5.50. The van der Waals surface area contributed by atoms with E-state index in [9.17, 15) is 9.59 Å². The van der Waals surface area contributed by atoms with Crippen LogP contribution in [0.25, 0.3) is 27.7 Å². The Morgan fingerprint density at radius 1 is 1.00 bits per heavy atom. The van der Waals surface area contributed by atoms with Gasteiger partial charge in [-0.2, -0.15) is 5.10 Å². The number of fused-ring (bicyclic) bond motifs is 1. The minimum Gasteiger partial charge on any atom is -0.480 e. The van der Waals surface area contributed by atoms with Crippen molar-refractivity contribution >= 4 is 45.1 Å². The molecule has 0 bridgehead atoms. The Morgan fingerprint density at radius 2 is 1.77 bits per heavy atom. The number of pyridine rings is 1. The first kappa shape index (κ1) is 31.5. The van der Waals surface area contributed by atoms with Crippen molar-refractivity contribution in [1.29, 1.82) is 0 Å². The van der Waals surface area contributed by atoms with Gasteiger partial charge in [0.15, 0.2) is 11.5 Å². The minimum absolute atomic E-state index is 0.00654. The van der Waals surface area contributed by atoms with E-state index in [0.717, 1.165) is 16.9 Å². The quantitative estimate of drug-likeness (QED) is 0.120. The van der Waals surface area contributed by atoms with E-state index in [2.05, 4.69) is 54.8 Å². The van der Waals surface area contributed by atoms with Gasteiger partial charge in [-0.15, -0.1) is 0 Å². The highest BCUT2D eigenvalue weighted by atomic mass is 127. The van der Waals surface area contributed by atoms with Gasteiger partial charge in [0, 0.05) is 35.8 Å². The van der Waals surface area contributed by atoms with Crippen LogP contribution in [-0.4, -0.2) is 34.3 Å². The number of hydrogen-bond donors (Lipinski definition) is 2. The third-order valence-corrected chi connectivity index (χ3v) is 7.65. The van der Waals surface area contributed by atoms with Crippen LogP contribution in [0.4, 0.5) is 5.82 Å². The standard InChI is InChI=1S/C36H30IN7O3/c1-22(41-35(45)33-34(38)39-20-30(42-33)25-14-16-29(17-15-25)47-23(2)37)31-18-27-9-7-8-26(13-12-24-19-40-43(3)21-24)32(27)36(46)44(31)28-10-5-4-6-11-28/h4-11,14-23H,1-3H3,(H2,38,39)(H,41,45)/t22-,23?/m0/s1. The summed E-state index contributed by atoms with van der Waals surface area (Å²) in [5, 5.41) is 8.33. The van der Waals surface area contributed by atoms with Crippen LogP contribution in [0, 0.1) is 11.8 Å².